The summed E-state index contributed by atoms with van der Waals surface area (Å²) in [6, 6.07) is 10.3. The SMILES string of the molecule is CCCc1nc(N(C)c2ccccc2)n2ncc(CC3CC3)c2n1. The zero-order chi connectivity index (χ0) is 16.5. The molecule has 1 fully saturated rings. The van der Waals surface area contributed by atoms with Gasteiger partial charge in [0.25, 0.3) is 0 Å². The molecule has 0 N–H and O–H groups in total. The van der Waals surface area contributed by atoms with Gasteiger partial charge < -0.3 is 4.90 Å². The molecule has 0 saturated heterocycles. The molecule has 0 atom stereocenters. The Labute approximate surface area is 142 Å². The molecule has 24 heavy (non-hydrogen) atoms. The largest absolute Gasteiger partial charge is 0.313 e. The van der Waals surface area contributed by atoms with Crippen LogP contribution in [-0.4, -0.2) is 26.6 Å². The average molecular weight is 321 g/mol. The summed E-state index contributed by atoms with van der Waals surface area (Å²) < 4.78 is 1.89. The van der Waals surface area contributed by atoms with Gasteiger partial charge in [-0.25, -0.2) is 4.98 Å². The Morgan fingerprint density at radius 3 is 2.67 bits per heavy atom. The van der Waals surface area contributed by atoms with Crippen molar-refractivity contribution >= 4 is 17.3 Å². The fraction of sp³-hybridized carbons (Fsp3) is 0.421. The Kier molecular flexibility index (Phi) is 3.92. The maximum absolute atomic E-state index is 4.81. The number of hydrogen-bond donors (Lipinski definition) is 0. The molecule has 3 aromatic rings. The van der Waals surface area contributed by atoms with Gasteiger partial charge in [0.15, 0.2) is 5.65 Å². The van der Waals surface area contributed by atoms with Crippen molar-refractivity contribution in [1.29, 1.82) is 0 Å². The lowest BCUT2D eigenvalue weighted by atomic mass is 10.2. The molecule has 1 aromatic carbocycles. The predicted molar refractivity (Wildman–Crippen MR) is 95.7 cm³/mol. The summed E-state index contributed by atoms with van der Waals surface area (Å²) in [5.41, 5.74) is 3.32. The molecule has 5 nitrogen and oxygen atoms in total. The molecule has 1 saturated carbocycles. The zero-order valence-electron chi connectivity index (χ0n) is 14.3. The highest BCUT2D eigenvalue weighted by molar-refractivity contribution is 5.60. The summed E-state index contributed by atoms with van der Waals surface area (Å²) in [5, 5.41) is 4.60. The minimum atomic E-state index is 0.817. The molecule has 0 radical (unpaired) electrons. The van der Waals surface area contributed by atoms with Crippen LogP contribution in [0.15, 0.2) is 36.5 Å². The third-order valence-corrected chi connectivity index (χ3v) is 4.59. The van der Waals surface area contributed by atoms with Crippen LogP contribution in [0.1, 0.15) is 37.6 Å². The number of para-hydroxylation sites is 1. The second kappa shape index (κ2) is 6.23. The number of aryl methyl sites for hydroxylation is 1. The Morgan fingerprint density at radius 2 is 1.96 bits per heavy atom. The van der Waals surface area contributed by atoms with Crippen molar-refractivity contribution in [2.45, 2.75) is 39.0 Å². The first-order chi connectivity index (χ1) is 11.8. The predicted octanol–water partition coefficient (Wildman–Crippen LogP) is 3.80. The van der Waals surface area contributed by atoms with Crippen LogP contribution >= 0.6 is 0 Å². The molecule has 0 amide bonds. The van der Waals surface area contributed by atoms with Gasteiger partial charge in [0.1, 0.15) is 5.82 Å². The first-order valence-electron chi connectivity index (χ1n) is 8.78. The van der Waals surface area contributed by atoms with E-state index in [0.29, 0.717) is 0 Å². The zero-order valence-corrected chi connectivity index (χ0v) is 14.3. The molecule has 0 spiro atoms. The quantitative estimate of drug-likeness (QED) is 0.693. The number of fused-ring (bicyclic) bond motifs is 1. The Bertz CT molecular complexity index is 836. The van der Waals surface area contributed by atoms with Gasteiger partial charge in [-0.3, -0.25) is 0 Å². The van der Waals surface area contributed by atoms with E-state index in [1.807, 2.05) is 36.0 Å². The molecule has 2 heterocycles. The lowest BCUT2D eigenvalue weighted by Crippen LogP contribution is -2.18. The number of anilines is 2. The first kappa shape index (κ1) is 15.1. The van der Waals surface area contributed by atoms with Crippen LogP contribution in [-0.2, 0) is 12.8 Å². The topological polar surface area (TPSA) is 46.3 Å². The molecule has 0 aliphatic heterocycles. The van der Waals surface area contributed by atoms with E-state index in [1.165, 1.54) is 18.4 Å². The monoisotopic (exact) mass is 321 g/mol. The van der Waals surface area contributed by atoms with Gasteiger partial charge in [-0.15, -0.1) is 0 Å². The number of nitrogens with zero attached hydrogens (tertiary/aromatic N) is 5. The van der Waals surface area contributed by atoms with Gasteiger partial charge in [0.2, 0.25) is 5.95 Å². The van der Waals surface area contributed by atoms with Crippen molar-refractivity contribution < 1.29 is 0 Å². The van der Waals surface area contributed by atoms with Crippen LogP contribution in [0.2, 0.25) is 0 Å². The molecule has 0 bridgehead atoms. The van der Waals surface area contributed by atoms with Gasteiger partial charge in [-0.2, -0.15) is 14.6 Å². The Balaban J connectivity index is 1.81. The van der Waals surface area contributed by atoms with Crippen LogP contribution in [0.25, 0.3) is 5.65 Å². The van der Waals surface area contributed by atoms with E-state index in [-0.39, 0.29) is 0 Å². The summed E-state index contributed by atoms with van der Waals surface area (Å²) in [4.78, 5) is 11.7. The molecule has 2 aromatic heterocycles. The van der Waals surface area contributed by atoms with Crippen LogP contribution in [0.3, 0.4) is 0 Å². The van der Waals surface area contributed by atoms with E-state index >= 15 is 0 Å². The van der Waals surface area contributed by atoms with Crippen molar-refractivity contribution in [2.75, 3.05) is 11.9 Å². The molecular formula is C19H23N5. The third kappa shape index (κ3) is 2.86. The smallest absolute Gasteiger partial charge is 0.234 e. The van der Waals surface area contributed by atoms with Gasteiger partial charge >= 0.3 is 0 Å². The van der Waals surface area contributed by atoms with Crippen LogP contribution in [0, 0.1) is 5.92 Å². The average Bonchev–Trinajstić information content (AvgIpc) is 3.34. The van der Waals surface area contributed by atoms with E-state index in [1.54, 1.807) is 0 Å². The molecule has 1 aliphatic carbocycles. The number of rotatable bonds is 6. The van der Waals surface area contributed by atoms with Crippen molar-refractivity contribution in [3.8, 4) is 0 Å². The maximum atomic E-state index is 4.81. The Morgan fingerprint density at radius 1 is 1.17 bits per heavy atom. The lowest BCUT2D eigenvalue weighted by molar-refractivity contribution is 0.783. The van der Waals surface area contributed by atoms with E-state index in [0.717, 1.165) is 48.3 Å². The van der Waals surface area contributed by atoms with Crippen LogP contribution in [0.5, 0.6) is 0 Å². The van der Waals surface area contributed by atoms with Gasteiger partial charge in [-0.1, -0.05) is 25.1 Å². The molecule has 124 valence electrons. The van der Waals surface area contributed by atoms with Crippen molar-refractivity contribution in [1.82, 2.24) is 19.6 Å². The molecule has 4 rings (SSSR count). The van der Waals surface area contributed by atoms with E-state index in [9.17, 15) is 0 Å². The number of benzene rings is 1. The highest BCUT2D eigenvalue weighted by Crippen LogP contribution is 2.34. The van der Waals surface area contributed by atoms with Gasteiger partial charge in [-0.05, 0) is 43.7 Å². The lowest BCUT2D eigenvalue weighted by Gasteiger charge is -2.19. The first-order valence-corrected chi connectivity index (χ1v) is 8.78. The highest BCUT2D eigenvalue weighted by atomic mass is 15.4. The Hall–Kier alpha value is -2.43. The number of hydrogen-bond acceptors (Lipinski definition) is 4. The highest BCUT2D eigenvalue weighted by Gasteiger charge is 2.25. The summed E-state index contributed by atoms with van der Waals surface area (Å²) in [7, 11) is 2.04. The molecule has 5 heteroatoms. The fourth-order valence-electron chi connectivity index (χ4n) is 3.05. The minimum absolute atomic E-state index is 0.817. The van der Waals surface area contributed by atoms with Crippen LogP contribution < -0.4 is 4.90 Å². The molecule has 0 unspecified atom stereocenters. The molecule has 1 aliphatic rings. The summed E-state index contributed by atoms with van der Waals surface area (Å²) in [6.45, 7) is 2.16. The van der Waals surface area contributed by atoms with E-state index in [2.05, 4.69) is 29.1 Å². The van der Waals surface area contributed by atoms with Crippen molar-refractivity contribution in [3.05, 3.63) is 47.9 Å². The van der Waals surface area contributed by atoms with E-state index in [4.69, 9.17) is 9.97 Å². The van der Waals surface area contributed by atoms with Crippen LogP contribution in [0.4, 0.5) is 11.6 Å². The molecular weight excluding hydrogens is 298 g/mol. The van der Waals surface area contributed by atoms with Gasteiger partial charge in [0, 0.05) is 24.7 Å². The summed E-state index contributed by atoms with van der Waals surface area (Å²) >= 11 is 0. The standard InChI is InChI=1S/C19H23N5/c1-3-7-17-21-18-15(12-14-10-11-14)13-20-24(18)19(22-17)23(2)16-8-5-4-6-9-16/h4-6,8-9,13-14H,3,7,10-12H2,1-2H3. The second-order valence-electron chi connectivity index (χ2n) is 6.64. The second-order valence-corrected chi connectivity index (χ2v) is 6.64. The third-order valence-electron chi connectivity index (χ3n) is 4.59. The number of aromatic nitrogens is 4. The van der Waals surface area contributed by atoms with Crippen molar-refractivity contribution in [2.24, 2.45) is 5.92 Å². The summed E-state index contributed by atoms with van der Waals surface area (Å²) in [5.74, 6) is 2.55. The fourth-order valence-corrected chi connectivity index (χ4v) is 3.05. The normalized spacial score (nSPS) is 14.2. The maximum Gasteiger partial charge on any atom is 0.234 e. The van der Waals surface area contributed by atoms with Gasteiger partial charge in [0.05, 0.1) is 6.20 Å². The van der Waals surface area contributed by atoms with Crippen molar-refractivity contribution in [3.63, 3.8) is 0 Å². The van der Waals surface area contributed by atoms with E-state index < -0.39 is 0 Å². The summed E-state index contributed by atoms with van der Waals surface area (Å²) in [6.07, 6.45) is 7.65. The minimum Gasteiger partial charge on any atom is -0.313 e.